The first kappa shape index (κ1) is 25.0. The van der Waals surface area contributed by atoms with E-state index in [1.165, 1.54) is 32.6 Å². The van der Waals surface area contributed by atoms with Crippen molar-refractivity contribution in [3.05, 3.63) is 29.8 Å². The molecular formula is C24H39NO4. The second kappa shape index (κ2) is 15.8. The lowest BCUT2D eigenvalue weighted by Gasteiger charge is -2.19. The third kappa shape index (κ3) is 12.2. The van der Waals surface area contributed by atoms with Crippen LogP contribution in [0.1, 0.15) is 96.6 Å². The van der Waals surface area contributed by atoms with Gasteiger partial charge in [-0.3, -0.25) is 9.59 Å². The Bertz CT molecular complexity index is 588. The summed E-state index contributed by atoms with van der Waals surface area (Å²) in [7, 11) is 0. The number of amides is 1. The molecule has 1 amide bonds. The van der Waals surface area contributed by atoms with Gasteiger partial charge in [0.15, 0.2) is 0 Å². The van der Waals surface area contributed by atoms with Crippen LogP contribution in [-0.2, 0) is 14.3 Å². The normalized spacial score (nSPS) is 11.7. The molecule has 1 unspecified atom stereocenters. The van der Waals surface area contributed by atoms with Crippen LogP contribution in [0, 0.1) is 0 Å². The van der Waals surface area contributed by atoms with E-state index in [4.69, 9.17) is 9.47 Å². The lowest BCUT2D eigenvalue weighted by Crippen LogP contribution is -2.26. The zero-order valence-electron chi connectivity index (χ0n) is 18.5. The average Bonchev–Trinajstić information content (AvgIpc) is 2.71. The van der Waals surface area contributed by atoms with Crippen LogP contribution in [0.4, 0.5) is 0 Å². The van der Waals surface area contributed by atoms with E-state index < -0.39 is 0 Å². The number of unbranched alkanes of at least 4 members (excludes halogenated alkanes) is 6. The quantitative estimate of drug-likeness (QED) is 0.282. The molecule has 1 aromatic rings. The fourth-order valence-corrected chi connectivity index (χ4v) is 3.16. The smallest absolute Gasteiger partial charge is 0.305 e. The molecule has 5 nitrogen and oxygen atoms in total. The molecule has 0 heterocycles. The van der Waals surface area contributed by atoms with E-state index in [1.807, 2.05) is 24.3 Å². The Morgan fingerprint density at radius 2 is 1.66 bits per heavy atom. The SMILES string of the molecule is CCCCCCCOc1cccc(C(CCC(=O)OCCCCC)NC(C)=O)c1. The first-order valence-corrected chi connectivity index (χ1v) is 11.2. The van der Waals surface area contributed by atoms with Gasteiger partial charge in [-0.1, -0.05) is 64.5 Å². The van der Waals surface area contributed by atoms with Gasteiger partial charge in [0, 0.05) is 13.3 Å². The Kier molecular flexibility index (Phi) is 13.6. The van der Waals surface area contributed by atoms with E-state index >= 15 is 0 Å². The molecule has 0 aliphatic rings. The van der Waals surface area contributed by atoms with Crippen molar-refractivity contribution in [1.82, 2.24) is 5.32 Å². The molecule has 29 heavy (non-hydrogen) atoms. The van der Waals surface area contributed by atoms with Gasteiger partial charge in [-0.05, 0) is 37.0 Å². The monoisotopic (exact) mass is 405 g/mol. The van der Waals surface area contributed by atoms with E-state index in [2.05, 4.69) is 19.2 Å². The number of carbonyl (C=O) groups excluding carboxylic acids is 2. The number of benzene rings is 1. The number of nitrogens with one attached hydrogen (secondary N) is 1. The predicted molar refractivity (Wildman–Crippen MR) is 117 cm³/mol. The van der Waals surface area contributed by atoms with Crippen LogP contribution in [0.5, 0.6) is 5.75 Å². The maximum Gasteiger partial charge on any atom is 0.305 e. The average molecular weight is 406 g/mol. The first-order chi connectivity index (χ1) is 14.1. The molecule has 0 aliphatic heterocycles. The van der Waals surface area contributed by atoms with Gasteiger partial charge < -0.3 is 14.8 Å². The Morgan fingerprint density at radius 3 is 2.38 bits per heavy atom. The number of esters is 1. The molecule has 1 atom stereocenters. The molecule has 1 N–H and O–H groups in total. The minimum Gasteiger partial charge on any atom is -0.494 e. The molecule has 0 saturated heterocycles. The minimum absolute atomic E-state index is 0.117. The van der Waals surface area contributed by atoms with Gasteiger partial charge in [0.2, 0.25) is 5.91 Å². The minimum atomic E-state index is -0.233. The van der Waals surface area contributed by atoms with Crippen LogP contribution in [0.25, 0.3) is 0 Å². The van der Waals surface area contributed by atoms with Crippen LogP contribution < -0.4 is 10.1 Å². The molecule has 5 heteroatoms. The van der Waals surface area contributed by atoms with Gasteiger partial charge in [-0.25, -0.2) is 0 Å². The summed E-state index contributed by atoms with van der Waals surface area (Å²) in [4.78, 5) is 23.6. The van der Waals surface area contributed by atoms with Gasteiger partial charge in [0.1, 0.15) is 5.75 Å². The van der Waals surface area contributed by atoms with Crippen molar-refractivity contribution in [1.29, 1.82) is 0 Å². The highest BCUT2D eigenvalue weighted by Crippen LogP contribution is 2.23. The summed E-state index contributed by atoms with van der Waals surface area (Å²) in [6.07, 6.45) is 9.83. The maximum absolute atomic E-state index is 12.0. The summed E-state index contributed by atoms with van der Waals surface area (Å²) in [5.74, 6) is 0.472. The molecule has 0 radical (unpaired) electrons. The summed E-state index contributed by atoms with van der Waals surface area (Å²) in [6.45, 7) is 6.98. The van der Waals surface area contributed by atoms with Crippen LogP contribution in [0.2, 0.25) is 0 Å². The second-order valence-corrected chi connectivity index (χ2v) is 7.55. The van der Waals surface area contributed by atoms with Gasteiger partial charge in [0.25, 0.3) is 0 Å². The molecule has 1 aromatic carbocycles. The predicted octanol–water partition coefficient (Wildman–Crippen LogP) is 5.73. The summed E-state index contributed by atoms with van der Waals surface area (Å²) in [5, 5.41) is 2.94. The fourth-order valence-electron chi connectivity index (χ4n) is 3.16. The van der Waals surface area contributed by atoms with Crippen molar-refractivity contribution in [2.24, 2.45) is 0 Å². The van der Waals surface area contributed by atoms with Crippen LogP contribution in [0.3, 0.4) is 0 Å². The number of ether oxygens (including phenoxy) is 2. The van der Waals surface area contributed by atoms with Crippen LogP contribution in [-0.4, -0.2) is 25.1 Å². The molecular weight excluding hydrogens is 366 g/mol. The molecule has 0 spiro atoms. The number of rotatable bonds is 16. The molecule has 164 valence electrons. The maximum atomic E-state index is 12.0. The van der Waals surface area contributed by atoms with E-state index in [0.29, 0.717) is 19.6 Å². The zero-order chi connectivity index (χ0) is 21.3. The van der Waals surface area contributed by atoms with E-state index in [0.717, 1.165) is 37.0 Å². The Balaban J connectivity index is 2.54. The number of hydrogen-bond acceptors (Lipinski definition) is 4. The largest absolute Gasteiger partial charge is 0.494 e. The molecule has 0 saturated carbocycles. The highest BCUT2D eigenvalue weighted by Gasteiger charge is 2.16. The zero-order valence-corrected chi connectivity index (χ0v) is 18.5. The summed E-state index contributed by atoms with van der Waals surface area (Å²) in [6, 6.07) is 7.55. The number of hydrogen-bond donors (Lipinski definition) is 1. The standard InChI is InChI=1S/C24H39NO4/c1-4-6-8-9-11-17-28-22-14-12-13-21(19-22)23(25-20(3)26)15-16-24(27)29-18-10-7-5-2/h12-14,19,23H,4-11,15-18H2,1-3H3,(H,25,26). The second-order valence-electron chi connectivity index (χ2n) is 7.55. The molecule has 0 aliphatic carbocycles. The van der Waals surface area contributed by atoms with Crippen molar-refractivity contribution in [3.8, 4) is 5.75 Å². The van der Waals surface area contributed by atoms with Crippen LogP contribution >= 0.6 is 0 Å². The third-order valence-corrected chi connectivity index (χ3v) is 4.80. The van der Waals surface area contributed by atoms with Gasteiger partial charge in [-0.2, -0.15) is 0 Å². The van der Waals surface area contributed by atoms with Crippen molar-refractivity contribution < 1.29 is 19.1 Å². The van der Waals surface area contributed by atoms with Crippen molar-refractivity contribution in [2.75, 3.05) is 13.2 Å². The third-order valence-electron chi connectivity index (χ3n) is 4.80. The van der Waals surface area contributed by atoms with E-state index in [-0.39, 0.29) is 24.3 Å². The topological polar surface area (TPSA) is 64.6 Å². The summed E-state index contributed by atoms with van der Waals surface area (Å²) in [5.41, 5.74) is 0.947. The van der Waals surface area contributed by atoms with Crippen molar-refractivity contribution in [2.45, 2.75) is 91.0 Å². The van der Waals surface area contributed by atoms with Crippen molar-refractivity contribution in [3.63, 3.8) is 0 Å². The lowest BCUT2D eigenvalue weighted by atomic mass is 10.0. The molecule has 0 aromatic heterocycles. The lowest BCUT2D eigenvalue weighted by molar-refractivity contribution is -0.144. The highest BCUT2D eigenvalue weighted by atomic mass is 16.5. The fraction of sp³-hybridized carbons (Fsp3) is 0.667. The summed E-state index contributed by atoms with van der Waals surface area (Å²) >= 11 is 0. The Hall–Kier alpha value is -2.04. The summed E-state index contributed by atoms with van der Waals surface area (Å²) < 4.78 is 11.2. The Labute approximate surface area is 176 Å². The van der Waals surface area contributed by atoms with Gasteiger partial charge in [0.05, 0.1) is 19.3 Å². The number of carbonyl (C=O) groups is 2. The highest BCUT2D eigenvalue weighted by molar-refractivity contribution is 5.74. The molecule has 0 bridgehead atoms. The first-order valence-electron chi connectivity index (χ1n) is 11.2. The van der Waals surface area contributed by atoms with E-state index in [1.54, 1.807) is 0 Å². The van der Waals surface area contributed by atoms with Crippen LogP contribution in [0.15, 0.2) is 24.3 Å². The molecule has 1 rings (SSSR count). The molecule has 0 fully saturated rings. The van der Waals surface area contributed by atoms with Gasteiger partial charge >= 0.3 is 5.97 Å². The Morgan fingerprint density at radius 1 is 0.966 bits per heavy atom. The van der Waals surface area contributed by atoms with Crippen molar-refractivity contribution >= 4 is 11.9 Å². The van der Waals surface area contributed by atoms with Gasteiger partial charge in [-0.15, -0.1) is 0 Å². The van der Waals surface area contributed by atoms with E-state index in [9.17, 15) is 9.59 Å².